The van der Waals surface area contributed by atoms with Crippen molar-refractivity contribution in [1.29, 1.82) is 0 Å². The summed E-state index contributed by atoms with van der Waals surface area (Å²) in [5.41, 5.74) is 1.77. The molecular weight excluding hydrogens is 772 g/mol. The SMILES string of the molecule is C=C1CC[C@@]2(OC1)OC1C[C@H]3[C@@H]4CC=C5C[C@@H](O)C[C@@H](O[C@@H]6OC[C@H](O)[C@H](O[C@@H]7OC[C@@H](O)[C@H](O)[C@H]7O)[C@H]6O[C@@H]6O[C@@H](C)[C@H](O)[C@@H](O)[C@H]6O)[C@]5(C)[C@H]4CC[C@]3(C)C1[C@@H]2C. The van der Waals surface area contributed by atoms with Gasteiger partial charge in [-0.1, -0.05) is 44.6 Å². The molecule has 8 N–H and O–H groups in total. The second-order valence-electron chi connectivity index (χ2n) is 19.8. The molecular formula is C43H66O16. The second kappa shape index (κ2) is 15.8. The third-order valence-electron chi connectivity index (χ3n) is 16.7. The number of hydrogen-bond acceptors (Lipinski definition) is 16. The molecule has 59 heavy (non-hydrogen) atoms. The molecule has 0 aromatic carbocycles. The van der Waals surface area contributed by atoms with E-state index in [2.05, 4.69) is 33.4 Å². The van der Waals surface area contributed by atoms with E-state index in [4.69, 9.17) is 37.9 Å². The minimum atomic E-state index is -1.72. The van der Waals surface area contributed by atoms with Crippen LogP contribution in [-0.2, 0) is 37.9 Å². The van der Waals surface area contributed by atoms with Gasteiger partial charge < -0.3 is 78.7 Å². The van der Waals surface area contributed by atoms with Gasteiger partial charge in [0.25, 0.3) is 0 Å². The summed E-state index contributed by atoms with van der Waals surface area (Å²) in [5.74, 6) is 0.989. The Labute approximate surface area is 345 Å². The predicted octanol–water partition coefficient (Wildman–Crippen LogP) is 0.383. The van der Waals surface area contributed by atoms with Crippen molar-refractivity contribution < 1.29 is 78.7 Å². The van der Waals surface area contributed by atoms with Crippen LogP contribution < -0.4 is 0 Å². The highest BCUT2D eigenvalue weighted by Gasteiger charge is 2.69. The molecule has 9 aliphatic rings. The maximum absolute atomic E-state index is 11.4. The molecule has 0 aromatic rings. The smallest absolute Gasteiger partial charge is 0.187 e. The van der Waals surface area contributed by atoms with Crippen LogP contribution in [0.15, 0.2) is 23.8 Å². The van der Waals surface area contributed by atoms with Crippen molar-refractivity contribution >= 4 is 0 Å². The molecule has 0 aromatic heterocycles. The molecule has 5 saturated heterocycles. The minimum absolute atomic E-state index is 0.0520. The Morgan fingerprint density at radius 1 is 0.763 bits per heavy atom. The summed E-state index contributed by atoms with van der Waals surface area (Å²) < 4.78 is 50.4. The third kappa shape index (κ3) is 6.95. The Bertz CT molecular complexity index is 1590. The highest BCUT2D eigenvalue weighted by atomic mass is 16.8. The van der Waals surface area contributed by atoms with E-state index in [-0.39, 0.29) is 43.0 Å². The summed E-state index contributed by atoms with van der Waals surface area (Å²) in [4.78, 5) is 0. The van der Waals surface area contributed by atoms with Crippen molar-refractivity contribution in [2.45, 2.75) is 183 Å². The fourth-order valence-corrected chi connectivity index (χ4v) is 13.4. The Morgan fingerprint density at radius 3 is 2.22 bits per heavy atom. The molecule has 8 fully saturated rings. The van der Waals surface area contributed by atoms with Crippen LogP contribution in [0.1, 0.15) is 79.1 Å². The van der Waals surface area contributed by atoms with E-state index in [0.29, 0.717) is 30.8 Å². The van der Waals surface area contributed by atoms with Gasteiger partial charge in [-0.2, -0.15) is 0 Å². The molecule has 334 valence electrons. The number of aliphatic hydroxyl groups excluding tert-OH is 8. The number of fused-ring (bicyclic) bond motifs is 7. The summed E-state index contributed by atoms with van der Waals surface area (Å²) in [5, 5.41) is 86.2. The van der Waals surface area contributed by atoms with E-state index in [9.17, 15) is 40.9 Å². The van der Waals surface area contributed by atoms with Crippen molar-refractivity contribution in [2.24, 2.45) is 40.4 Å². The molecule has 2 unspecified atom stereocenters. The first-order chi connectivity index (χ1) is 28.0. The molecule has 16 heteroatoms. The summed E-state index contributed by atoms with van der Waals surface area (Å²) in [6.07, 6.45) is -11.4. The second-order valence-corrected chi connectivity index (χ2v) is 19.8. The zero-order chi connectivity index (χ0) is 41.9. The average molecular weight is 839 g/mol. The number of hydrogen-bond donors (Lipinski definition) is 8. The molecule has 24 atom stereocenters. The van der Waals surface area contributed by atoms with E-state index in [0.717, 1.165) is 49.7 Å². The monoisotopic (exact) mass is 838 g/mol. The Hall–Kier alpha value is -1.16. The van der Waals surface area contributed by atoms with Gasteiger partial charge in [-0.05, 0) is 74.5 Å². The molecule has 16 nitrogen and oxygen atoms in total. The fraction of sp³-hybridized carbons (Fsp3) is 0.907. The number of ether oxygens (including phenoxy) is 8. The highest BCUT2D eigenvalue weighted by molar-refractivity contribution is 5.29. The molecule has 9 rings (SSSR count). The van der Waals surface area contributed by atoms with Crippen LogP contribution in [0, 0.1) is 40.4 Å². The predicted molar refractivity (Wildman–Crippen MR) is 204 cm³/mol. The van der Waals surface area contributed by atoms with Gasteiger partial charge in [0.05, 0.1) is 44.2 Å². The van der Waals surface area contributed by atoms with Crippen LogP contribution >= 0.6 is 0 Å². The van der Waals surface area contributed by atoms with Crippen LogP contribution in [0.25, 0.3) is 0 Å². The van der Waals surface area contributed by atoms with Gasteiger partial charge in [0.1, 0.15) is 54.9 Å². The fourth-order valence-electron chi connectivity index (χ4n) is 13.4. The summed E-state index contributed by atoms with van der Waals surface area (Å²) in [6.45, 7) is 12.6. The molecule has 1 spiro atoms. The van der Waals surface area contributed by atoms with Crippen molar-refractivity contribution in [2.75, 3.05) is 19.8 Å². The number of aliphatic hydroxyl groups is 8. The Kier molecular flexibility index (Phi) is 11.6. The van der Waals surface area contributed by atoms with Crippen LogP contribution in [0.2, 0.25) is 0 Å². The summed E-state index contributed by atoms with van der Waals surface area (Å²) >= 11 is 0. The van der Waals surface area contributed by atoms with Gasteiger partial charge in [-0.25, -0.2) is 0 Å². The Balaban J connectivity index is 0.994. The van der Waals surface area contributed by atoms with Crippen molar-refractivity contribution in [3.05, 3.63) is 23.8 Å². The lowest BCUT2D eigenvalue weighted by atomic mass is 9.46. The quantitative estimate of drug-likeness (QED) is 0.169. The zero-order valence-electron chi connectivity index (χ0n) is 34.5. The molecule has 5 aliphatic heterocycles. The maximum atomic E-state index is 11.4. The lowest BCUT2D eigenvalue weighted by molar-refractivity contribution is -0.382. The summed E-state index contributed by atoms with van der Waals surface area (Å²) in [7, 11) is 0. The van der Waals surface area contributed by atoms with Crippen LogP contribution in [0.5, 0.6) is 0 Å². The van der Waals surface area contributed by atoms with E-state index in [1.165, 1.54) is 6.92 Å². The molecule has 0 radical (unpaired) electrons. The lowest BCUT2D eigenvalue weighted by Crippen LogP contribution is -2.65. The Morgan fingerprint density at radius 2 is 1.47 bits per heavy atom. The van der Waals surface area contributed by atoms with Gasteiger partial charge in [0.2, 0.25) is 0 Å². The molecule has 0 amide bonds. The zero-order valence-corrected chi connectivity index (χ0v) is 34.5. The van der Waals surface area contributed by atoms with Crippen molar-refractivity contribution in [3.8, 4) is 0 Å². The van der Waals surface area contributed by atoms with E-state index >= 15 is 0 Å². The third-order valence-corrected chi connectivity index (χ3v) is 16.7. The van der Waals surface area contributed by atoms with Crippen molar-refractivity contribution in [1.82, 2.24) is 0 Å². The van der Waals surface area contributed by atoms with E-state index < -0.39 is 103 Å². The number of rotatable bonds is 6. The first kappa shape index (κ1) is 43.1. The standard InChI is InChI=1S/C43H66O16/c1-18-8-11-43(54-15-18)19(2)30-28(59-43)14-25-23-7-6-21-12-22(44)13-29(42(21,5)24(23)9-10-41(25,30)4)56-40-37(58-39-35(51)33(49)31(47)20(3)55-39)36(27(46)17-53-40)57-38-34(50)32(48)26(45)16-52-38/h6,19-20,22-40,44-51H,1,7-17H2,2-5H3/t19-,20-,22+,23+,24-,25-,26+,27-,28?,29+,30?,31-,32-,33+,34+,35+,36-,37+,38-,39-,40-,41-,42-,43+/m0/s1. The maximum Gasteiger partial charge on any atom is 0.187 e. The van der Waals surface area contributed by atoms with Gasteiger partial charge in [-0.15, -0.1) is 0 Å². The van der Waals surface area contributed by atoms with Gasteiger partial charge in [0.15, 0.2) is 24.7 Å². The first-order valence-electron chi connectivity index (χ1n) is 21.9. The highest BCUT2D eigenvalue weighted by Crippen LogP contribution is 2.71. The van der Waals surface area contributed by atoms with E-state index in [1.807, 2.05) is 0 Å². The normalized spacial score (nSPS) is 57.5. The average Bonchev–Trinajstić information content (AvgIpc) is 3.65. The van der Waals surface area contributed by atoms with E-state index in [1.54, 1.807) is 0 Å². The summed E-state index contributed by atoms with van der Waals surface area (Å²) in [6, 6.07) is 0. The molecule has 4 aliphatic carbocycles. The van der Waals surface area contributed by atoms with Crippen LogP contribution in [0.4, 0.5) is 0 Å². The van der Waals surface area contributed by atoms with Crippen LogP contribution in [-0.4, -0.2) is 165 Å². The molecule has 3 saturated carbocycles. The van der Waals surface area contributed by atoms with Crippen LogP contribution in [0.3, 0.4) is 0 Å². The first-order valence-corrected chi connectivity index (χ1v) is 21.9. The van der Waals surface area contributed by atoms with Gasteiger partial charge in [-0.3, -0.25) is 0 Å². The number of allylic oxidation sites excluding steroid dienone is 1. The van der Waals surface area contributed by atoms with Crippen molar-refractivity contribution in [3.63, 3.8) is 0 Å². The van der Waals surface area contributed by atoms with Gasteiger partial charge in [0, 0.05) is 24.2 Å². The minimum Gasteiger partial charge on any atom is -0.393 e. The molecule has 0 bridgehead atoms. The largest absolute Gasteiger partial charge is 0.393 e. The topological polar surface area (TPSA) is 236 Å². The van der Waals surface area contributed by atoms with Gasteiger partial charge >= 0.3 is 0 Å². The molecule has 5 heterocycles. The lowest BCUT2D eigenvalue weighted by Gasteiger charge is -2.60.